The first-order valence-electron chi connectivity index (χ1n) is 5.51. The van der Waals surface area contributed by atoms with Gasteiger partial charge >= 0.3 is 0 Å². The van der Waals surface area contributed by atoms with E-state index in [1.807, 2.05) is 32.0 Å². The highest BCUT2D eigenvalue weighted by Crippen LogP contribution is 2.24. The van der Waals surface area contributed by atoms with Crippen LogP contribution in [0, 0.1) is 25.2 Å². The maximum atomic E-state index is 9.05. The summed E-state index contributed by atoms with van der Waals surface area (Å²) >= 11 is 5.91. The van der Waals surface area contributed by atoms with E-state index in [1.165, 1.54) is 0 Å². The van der Waals surface area contributed by atoms with Gasteiger partial charge in [0.05, 0.1) is 5.56 Å². The molecule has 18 heavy (non-hydrogen) atoms. The van der Waals surface area contributed by atoms with Crippen LogP contribution in [0.4, 0.5) is 11.5 Å². The summed E-state index contributed by atoms with van der Waals surface area (Å²) in [7, 11) is 0. The Balaban J connectivity index is 2.40. The van der Waals surface area contributed by atoms with Gasteiger partial charge in [-0.1, -0.05) is 11.6 Å². The second kappa shape index (κ2) is 5.07. The van der Waals surface area contributed by atoms with Gasteiger partial charge in [-0.2, -0.15) is 5.26 Å². The van der Waals surface area contributed by atoms with Crippen LogP contribution in [-0.2, 0) is 0 Å². The number of rotatable bonds is 2. The molecule has 0 atom stereocenters. The molecule has 0 saturated heterocycles. The second-order valence-corrected chi connectivity index (χ2v) is 4.48. The molecule has 0 bridgehead atoms. The fraction of sp³-hybridized carbons (Fsp3) is 0.143. The molecule has 0 unspecified atom stereocenters. The molecule has 3 nitrogen and oxygen atoms in total. The molecule has 1 aromatic heterocycles. The minimum absolute atomic E-state index is 0.523. The Hall–Kier alpha value is -2.05. The number of hydrogen-bond donors (Lipinski definition) is 1. The standard InChI is InChI=1S/C14H12ClN3/c1-9-7-12(15)5-6-13(9)18-14-11(8-16)4-3-10(2)17-14/h3-7H,1-2H3,(H,17,18). The van der Waals surface area contributed by atoms with Gasteiger partial charge in [0.2, 0.25) is 0 Å². The van der Waals surface area contributed by atoms with Crippen molar-refractivity contribution in [2.75, 3.05) is 5.32 Å². The summed E-state index contributed by atoms with van der Waals surface area (Å²) in [5.74, 6) is 0.572. The topological polar surface area (TPSA) is 48.7 Å². The summed E-state index contributed by atoms with van der Waals surface area (Å²) in [6.45, 7) is 3.84. The number of halogens is 1. The molecule has 0 aliphatic heterocycles. The van der Waals surface area contributed by atoms with E-state index >= 15 is 0 Å². The molecule has 0 amide bonds. The monoisotopic (exact) mass is 257 g/mol. The van der Waals surface area contributed by atoms with Crippen molar-refractivity contribution in [2.24, 2.45) is 0 Å². The Morgan fingerprint density at radius 2 is 2.00 bits per heavy atom. The summed E-state index contributed by atoms with van der Waals surface area (Å²) < 4.78 is 0. The van der Waals surface area contributed by atoms with Crippen molar-refractivity contribution < 1.29 is 0 Å². The fourth-order valence-electron chi connectivity index (χ4n) is 1.64. The zero-order valence-corrected chi connectivity index (χ0v) is 10.9. The van der Waals surface area contributed by atoms with Crippen molar-refractivity contribution in [2.45, 2.75) is 13.8 Å². The molecule has 0 fully saturated rings. The van der Waals surface area contributed by atoms with Gasteiger partial charge in [-0.3, -0.25) is 0 Å². The molecule has 0 spiro atoms. The van der Waals surface area contributed by atoms with Crippen LogP contribution < -0.4 is 5.32 Å². The van der Waals surface area contributed by atoms with E-state index < -0.39 is 0 Å². The van der Waals surface area contributed by atoms with Crippen LogP contribution in [0.15, 0.2) is 30.3 Å². The van der Waals surface area contributed by atoms with Gasteiger partial charge in [0.15, 0.2) is 0 Å². The second-order valence-electron chi connectivity index (χ2n) is 4.04. The smallest absolute Gasteiger partial charge is 0.148 e. The van der Waals surface area contributed by atoms with Crippen molar-refractivity contribution in [3.63, 3.8) is 0 Å². The van der Waals surface area contributed by atoms with Gasteiger partial charge in [0.1, 0.15) is 11.9 Å². The third kappa shape index (κ3) is 2.61. The summed E-state index contributed by atoms with van der Waals surface area (Å²) in [4.78, 5) is 4.34. The number of pyridine rings is 1. The minimum Gasteiger partial charge on any atom is -0.339 e. The molecule has 0 aliphatic rings. The van der Waals surface area contributed by atoms with Crippen molar-refractivity contribution >= 4 is 23.1 Å². The van der Waals surface area contributed by atoms with Crippen molar-refractivity contribution in [3.8, 4) is 6.07 Å². The molecule has 1 aromatic carbocycles. The Morgan fingerprint density at radius 1 is 1.22 bits per heavy atom. The molecule has 90 valence electrons. The molecule has 4 heteroatoms. The number of nitrogens with one attached hydrogen (secondary N) is 1. The summed E-state index contributed by atoms with van der Waals surface area (Å²) in [5.41, 5.74) is 3.29. The van der Waals surface area contributed by atoms with E-state index in [0.717, 1.165) is 16.9 Å². The predicted molar refractivity (Wildman–Crippen MR) is 73.2 cm³/mol. The highest BCUT2D eigenvalue weighted by atomic mass is 35.5. The highest BCUT2D eigenvalue weighted by Gasteiger charge is 2.06. The summed E-state index contributed by atoms with van der Waals surface area (Å²) in [6, 6.07) is 11.2. The van der Waals surface area contributed by atoms with Gasteiger partial charge in [-0.25, -0.2) is 4.98 Å². The molecule has 0 radical (unpaired) electrons. The first-order chi connectivity index (χ1) is 8.60. The van der Waals surface area contributed by atoms with Gasteiger partial charge in [0.25, 0.3) is 0 Å². The third-order valence-corrected chi connectivity index (χ3v) is 2.83. The number of nitriles is 1. The van der Waals surface area contributed by atoms with E-state index in [-0.39, 0.29) is 0 Å². The lowest BCUT2D eigenvalue weighted by Gasteiger charge is -2.10. The van der Waals surface area contributed by atoms with Crippen LogP contribution in [0.5, 0.6) is 0 Å². The molecular formula is C14H12ClN3. The SMILES string of the molecule is Cc1ccc(C#N)c(Nc2ccc(Cl)cc2C)n1. The fourth-order valence-corrected chi connectivity index (χ4v) is 1.86. The Bertz CT molecular complexity index is 629. The quantitative estimate of drug-likeness (QED) is 0.886. The zero-order chi connectivity index (χ0) is 13.1. The molecular weight excluding hydrogens is 246 g/mol. The van der Waals surface area contributed by atoms with Gasteiger partial charge < -0.3 is 5.32 Å². The molecule has 2 aromatic rings. The van der Waals surface area contributed by atoms with Gasteiger partial charge in [-0.15, -0.1) is 0 Å². The average molecular weight is 258 g/mol. The van der Waals surface area contributed by atoms with Gasteiger partial charge in [0, 0.05) is 16.4 Å². The number of aryl methyl sites for hydroxylation is 2. The lowest BCUT2D eigenvalue weighted by molar-refractivity contribution is 1.18. The van der Waals surface area contributed by atoms with Crippen LogP contribution in [0.3, 0.4) is 0 Å². The molecule has 0 aliphatic carbocycles. The lowest BCUT2D eigenvalue weighted by atomic mass is 10.2. The maximum Gasteiger partial charge on any atom is 0.148 e. The maximum absolute atomic E-state index is 9.05. The first kappa shape index (κ1) is 12.4. The Kier molecular flexibility index (Phi) is 3.50. The number of aromatic nitrogens is 1. The summed E-state index contributed by atoms with van der Waals surface area (Å²) in [6.07, 6.45) is 0. The van der Waals surface area contributed by atoms with Crippen LogP contribution in [0.2, 0.25) is 5.02 Å². The Labute approximate surface area is 111 Å². The number of benzene rings is 1. The van der Waals surface area contributed by atoms with E-state index in [2.05, 4.69) is 16.4 Å². The van der Waals surface area contributed by atoms with Crippen molar-refractivity contribution in [1.29, 1.82) is 5.26 Å². The number of hydrogen-bond acceptors (Lipinski definition) is 3. The van der Waals surface area contributed by atoms with Crippen molar-refractivity contribution in [3.05, 3.63) is 52.2 Å². The average Bonchev–Trinajstić information content (AvgIpc) is 2.33. The van der Waals surface area contributed by atoms with Crippen LogP contribution >= 0.6 is 11.6 Å². The largest absolute Gasteiger partial charge is 0.339 e. The predicted octanol–water partition coefficient (Wildman–Crippen LogP) is 3.97. The van der Waals surface area contributed by atoms with E-state index in [9.17, 15) is 0 Å². The van der Waals surface area contributed by atoms with Crippen molar-refractivity contribution in [1.82, 2.24) is 4.98 Å². The lowest BCUT2D eigenvalue weighted by Crippen LogP contribution is -1.99. The highest BCUT2D eigenvalue weighted by molar-refractivity contribution is 6.30. The van der Waals surface area contributed by atoms with E-state index in [0.29, 0.717) is 16.4 Å². The van der Waals surface area contributed by atoms with Gasteiger partial charge in [-0.05, 0) is 49.7 Å². The molecule has 1 heterocycles. The third-order valence-electron chi connectivity index (χ3n) is 2.60. The van der Waals surface area contributed by atoms with E-state index in [4.69, 9.17) is 16.9 Å². The first-order valence-corrected chi connectivity index (χ1v) is 5.89. The van der Waals surface area contributed by atoms with Crippen LogP contribution in [0.1, 0.15) is 16.8 Å². The normalized spacial score (nSPS) is 9.89. The van der Waals surface area contributed by atoms with E-state index in [1.54, 1.807) is 12.1 Å². The van der Waals surface area contributed by atoms with Crippen LogP contribution in [-0.4, -0.2) is 4.98 Å². The minimum atomic E-state index is 0.523. The number of nitrogens with zero attached hydrogens (tertiary/aromatic N) is 2. The number of anilines is 2. The molecule has 1 N–H and O–H groups in total. The molecule has 0 saturated carbocycles. The summed E-state index contributed by atoms with van der Waals surface area (Å²) in [5, 5.41) is 12.9. The Morgan fingerprint density at radius 3 is 2.67 bits per heavy atom. The molecule has 2 rings (SSSR count). The zero-order valence-electron chi connectivity index (χ0n) is 10.2. The van der Waals surface area contributed by atoms with Crippen LogP contribution in [0.25, 0.3) is 0 Å².